The van der Waals surface area contributed by atoms with Crippen molar-refractivity contribution in [2.45, 2.75) is 61.2 Å². The van der Waals surface area contributed by atoms with Gasteiger partial charge in [0.1, 0.15) is 9.67 Å². The summed E-state index contributed by atoms with van der Waals surface area (Å²) in [5, 5.41) is 42.0. The smallest absolute Gasteiger partial charge is 0.549 e. The Morgan fingerprint density at radius 2 is 0.485 bits per heavy atom. The monoisotopic (exact) mass is 1890 g/mol. The van der Waals surface area contributed by atoms with Crippen molar-refractivity contribution in [3.05, 3.63) is 475 Å². The third-order valence-electron chi connectivity index (χ3n) is 17.2. The average molecular weight is 1890 g/mol. The van der Waals surface area contributed by atoms with Gasteiger partial charge in [0.05, 0.1) is 23.9 Å². The predicted octanol–water partition coefficient (Wildman–Crippen LogP) is 13.1. The van der Waals surface area contributed by atoms with Crippen LogP contribution in [0.3, 0.4) is 0 Å². The molecule has 656 valence electrons. The number of carbonyl (C=O) groups excluding carboxylic acids is 4. The van der Waals surface area contributed by atoms with Crippen LogP contribution < -0.4 is 139 Å². The van der Waals surface area contributed by atoms with Crippen molar-refractivity contribution in [2.24, 2.45) is 0 Å². The fourth-order valence-electron chi connectivity index (χ4n) is 10.3. The number of aliphatic carboxylic acids is 4. The van der Waals surface area contributed by atoms with Crippen LogP contribution in [0.4, 0.5) is 0 Å². The van der Waals surface area contributed by atoms with E-state index in [2.05, 4.69) is 148 Å². The molecule has 0 spiro atoms. The first-order valence-electron chi connectivity index (χ1n) is 39.6. The van der Waals surface area contributed by atoms with Gasteiger partial charge >= 0.3 is 118 Å². The quantitative estimate of drug-likeness (QED) is 0.0301. The molecule has 10 nitrogen and oxygen atoms in total. The summed E-state index contributed by atoms with van der Waals surface area (Å²) in [6.07, 6.45) is 25.6. The SMILES string of the molecule is C=Cc1ccc(C(Cl)Cl)cc1.C=Cc1ccc(C=C)cc1.C=Cc1ccc(CC)cc1.C=Cc1ccc(CCl)cc1.C=Cc1ccc(CN(CC(=O)[O-])CC(=O)[O-])cc1.C=Cc1cccc(C(Cl)Cl)c1.C=Cc1cccc(C=C)c1.C=Cc1cccc(CC)c1.C=Cc1cccc(CCl)c1.C=Cc1cccc(CN(CC(=O)[O-])CC(=O)[O-])c1.C=Cc1ccccc1.[Na+].[Na+].[Na+].[Na+]. The van der Waals surface area contributed by atoms with Crippen molar-refractivity contribution in [3.63, 3.8) is 0 Å². The second-order valence-electron chi connectivity index (χ2n) is 26.6. The van der Waals surface area contributed by atoms with Gasteiger partial charge in [-0.2, -0.15) is 0 Å². The van der Waals surface area contributed by atoms with Gasteiger partial charge in [0.15, 0.2) is 0 Å². The van der Waals surface area contributed by atoms with E-state index in [0.717, 1.165) is 102 Å². The predicted molar refractivity (Wildman–Crippen MR) is 539 cm³/mol. The zero-order valence-electron chi connectivity index (χ0n) is 75.8. The maximum atomic E-state index is 10.5. The van der Waals surface area contributed by atoms with E-state index in [1.165, 1.54) is 37.6 Å². The Morgan fingerprint density at radius 1 is 0.254 bits per heavy atom. The van der Waals surface area contributed by atoms with Crippen molar-refractivity contribution in [1.82, 2.24) is 9.80 Å². The Hall–Kier alpha value is -8.42. The van der Waals surface area contributed by atoms with Gasteiger partial charge in [0.25, 0.3) is 0 Å². The number of alkyl halides is 6. The summed E-state index contributed by atoms with van der Waals surface area (Å²) >= 11 is 33.8. The molecule has 0 bridgehead atoms. The Bertz CT molecular complexity index is 4960. The number of rotatable bonds is 31. The van der Waals surface area contributed by atoms with Gasteiger partial charge in [0, 0.05) is 51.0 Å². The molecular formula is C110H112Cl6N2Na4O8. The van der Waals surface area contributed by atoms with Gasteiger partial charge in [0.2, 0.25) is 0 Å². The van der Waals surface area contributed by atoms with Crippen LogP contribution >= 0.6 is 69.6 Å². The minimum atomic E-state index is -1.32. The molecule has 0 aliphatic rings. The van der Waals surface area contributed by atoms with E-state index in [9.17, 15) is 39.6 Å². The van der Waals surface area contributed by atoms with Gasteiger partial charge in [-0.15, -0.1) is 69.6 Å². The van der Waals surface area contributed by atoms with Gasteiger partial charge in [-0.1, -0.05) is 439 Å². The molecule has 0 radical (unpaired) electrons. The van der Waals surface area contributed by atoms with E-state index in [1.807, 2.05) is 255 Å². The number of aryl methyl sites for hydroxylation is 2. The van der Waals surface area contributed by atoms with Gasteiger partial charge in [-0.3, -0.25) is 9.80 Å². The van der Waals surface area contributed by atoms with E-state index < -0.39 is 59.7 Å². The number of benzene rings is 11. The van der Waals surface area contributed by atoms with Crippen LogP contribution in [-0.2, 0) is 56.9 Å². The minimum absolute atomic E-state index is 0. The van der Waals surface area contributed by atoms with Gasteiger partial charge < -0.3 is 39.6 Å². The van der Waals surface area contributed by atoms with Crippen LogP contribution in [0.15, 0.2) is 359 Å². The number of carboxylic acids is 4. The molecule has 130 heavy (non-hydrogen) atoms. The molecular weight excluding hydrogens is 1780 g/mol. The zero-order chi connectivity index (χ0) is 93.8. The Morgan fingerprint density at radius 3 is 0.785 bits per heavy atom. The maximum Gasteiger partial charge on any atom is 1.00 e. The molecule has 0 fully saturated rings. The summed E-state index contributed by atoms with van der Waals surface area (Å²) in [6, 6.07) is 88.8. The standard InChI is InChI=1S/2C13H15NO4.C10H12.C10H10.C10H12.C10H10.2C9H8Cl2.2C9H9Cl.C8H8.4Na/c1-2-10-3-5-11(6-4-10)7-14(8-12(15)16)9-13(17)18;1-2-10-4-3-5-11(6-10)7-14(8-12(15)16)9-13(17)18;2*1-3-9-5-7-10(4-2)8-6-9;2*1-3-9-6-5-7-10(4-2)8-9;1-2-7-3-5-8(6-4-7)9(10)11;1-2-7-4-3-5-8(6-7)9(10)11;1-2-8-3-5-9(7-10)6-4-8;1-2-8-4-3-5-9(6-8)7-10;1-2-8-6-4-3-5-7-8;;;;/h2*2-6H,1,7-9H2,(H,15,16)(H,17,18);3,5-8H,1,4H2,2H3;3-8H,1-2H2;3,5-8H,1,4H2,2H3;3-8H,1-2H2;2*2-6,9H,1H2;2*2-6H,1,7H2;2-7H,1H2;;;;/q;;;;;;;;;;;4*+1/p-4. The second kappa shape index (κ2) is 80.2. The molecule has 0 unspecified atom stereocenters. The van der Waals surface area contributed by atoms with Gasteiger partial charge in [-0.05, 0) is 142 Å². The summed E-state index contributed by atoms with van der Waals surface area (Å²) in [6.45, 7) is 50.5. The molecule has 0 aromatic heterocycles. The van der Waals surface area contributed by atoms with Crippen LogP contribution in [0, 0.1) is 0 Å². The molecule has 11 rings (SSSR count). The maximum absolute atomic E-state index is 10.5. The third-order valence-corrected chi connectivity index (χ3v) is 18.8. The second-order valence-corrected chi connectivity index (χ2v) is 29.3. The fourth-order valence-corrected chi connectivity index (χ4v) is 11.2. The number of halogens is 6. The molecule has 0 aliphatic carbocycles. The van der Waals surface area contributed by atoms with Crippen molar-refractivity contribution in [2.75, 3.05) is 26.2 Å². The third kappa shape index (κ3) is 61.3. The molecule has 20 heteroatoms. The first-order valence-corrected chi connectivity index (χ1v) is 42.5. The first-order chi connectivity index (χ1) is 60.6. The Labute approximate surface area is 892 Å². The summed E-state index contributed by atoms with van der Waals surface area (Å²) in [5.41, 5.74) is 22.8. The normalized spacial score (nSPS) is 9.29. The van der Waals surface area contributed by atoms with Crippen molar-refractivity contribution >= 4 is 172 Å². The summed E-state index contributed by atoms with van der Waals surface area (Å²) < 4.78 is 0. The molecule has 0 aliphatic heterocycles. The molecule has 11 aromatic carbocycles. The molecule has 0 saturated heterocycles. The number of hydrogen-bond acceptors (Lipinski definition) is 10. The fraction of sp³-hybridized carbons (Fsp3) is 0.127. The van der Waals surface area contributed by atoms with E-state index in [0.29, 0.717) is 11.8 Å². The Kier molecular flexibility index (Phi) is 78.9. The van der Waals surface area contributed by atoms with Crippen LogP contribution in [0.2, 0.25) is 0 Å². The largest absolute Gasteiger partial charge is 1.00 e. The average Bonchev–Trinajstić information content (AvgIpc) is 0.891. The summed E-state index contributed by atoms with van der Waals surface area (Å²) in [4.78, 5) is 43.6. The number of nitrogens with zero attached hydrogens (tertiary/aromatic N) is 2. The van der Waals surface area contributed by atoms with Crippen LogP contribution in [0.5, 0.6) is 0 Å². The number of hydrogen-bond donors (Lipinski definition) is 0. The number of carboxylic acid groups (broad SMARTS) is 4. The molecule has 11 aromatic rings. The molecule has 0 heterocycles. The molecule has 0 amide bonds. The molecule has 0 atom stereocenters. The van der Waals surface area contributed by atoms with Crippen molar-refractivity contribution < 1.29 is 158 Å². The topological polar surface area (TPSA) is 167 Å². The zero-order valence-corrected chi connectivity index (χ0v) is 88.4. The van der Waals surface area contributed by atoms with Crippen LogP contribution in [-0.4, -0.2) is 59.9 Å². The van der Waals surface area contributed by atoms with Crippen LogP contribution in [0.1, 0.15) is 140 Å². The number of carbonyl (C=O) groups is 4. The van der Waals surface area contributed by atoms with Crippen molar-refractivity contribution in [3.8, 4) is 0 Å². The van der Waals surface area contributed by atoms with E-state index >= 15 is 0 Å². The summed E-state index contributed by atoms with van der Waals surface area (Å²) in [7, 11) is 0. The summed E-state index contributed by atoms with van der Waals surface area (Å²) in [5.74, 6) is -4.13. The molecule has 0 N–H and O–H groups in total. The van der Waals surface area contributed by atoms with Gasteiger partial charge in [-0.25, -0.2) is 0 Å². The van der Waals surface area contributed by atoms with Crippen molar-refractivity contribution in [1.29, 1.82) is 0 Å². The van der Waals surface area contributed by atoms with E-state index in [1.54, 1.807) is 48.6 Å². The minimum Gasteiger partial charge on any atom is -0.549 e. The van der Waals surface area contributed by atoms with E-state index in [-0.39, 0.29) is 131 Å². The first kappa shape index (κ1) is 128. The van der Waals surface area contributed by atoms with E-state index in [4.69, 9.17) is 69.6 Å². The Balaban J connectivity index is -0.000000675. The van der Waals surface area contributed by atoms with Crippen LogP contribution in [0.25, 0.3) is 79.0 Å². The molecule has 0 saturated carbocycles.